The van der Waals surface area contributed by atoms with Crippen molar-refractivity contribution in [2.24, 2.45) is 11.3 Å². The van der Waals surface area contributed by atoms with Crippen LogP contribution < -0.4 is 0 Å². The highest BCUT2D eigenvalue weighted by Gasteiger charge is 2.65. The minimum Gasteiger partial charge on any atom is -0.466 e. The molecule has 28 heavy (non-hydrogen) atoms. The van der Waals surface area contributed by atoms with Crippen LogP contribution in [-0.2, 0) is 23.4 Å². The fourth-order valence-corrected chi connectivity index (χ4v) is 6.55. The molecule has 1 aliphatic heterocycles. The smallest absolute Gasteiger partial charge is 0.336 e. The zero-order valence-electron chi connectivity index (χ0n) is 19.1. The highest BCUT2D eigenvalue weighted by Crippen LogP contribution is 2.61. The van der Waals surface area contributed by atoms with Gasteiger partial charge in [0.25, 0.3) is 0 Å². The molecule has 3 rings (SSSR count). The summed E-state index contributed by atoms with van der Waals surface area (Å²) in [7, 11) is -0.469. The number of methoxy groups -OCH3 is 1. The van der Waals surface area contributed by atoms with Crippen molar-refractivity contribution < 1.29 is 23.4 Å². The van der Waals surface area contributed by atoms with Crippen LogP contribution in [0.3, 0.4) is 0 Å². The molecule has 0 aromatic rings. The van der Waals surface area contributed by atoms with E-state index in [0.29, 0.717) is 12.2 Å². The Labute approximate surface area is 171 Å². The number of hydrogen-bond acceptors (Lipinski definition) is 5. The third-order valence-corrected chi connectivity index (χ3v) is 12.2. The Hall–Kier alpha value is -0.693. The summed E-state index contributed by atoms with van der Waals surface area (Å²) in [6.07, 6.45) is 4.94. The monoisotopic (exact) mass is 410 g/mol. The number of esters is 1. The molecule has 2 aliphatic carbocycles. The van der Waals surface area contributed by atoms with Crippen LogP contribution in [0, 0.1) is 11.3 Å². The van der Waals surface area contributed by atoms with Gasteiger partial charge in [-0.05, 0) is 51.2 Å². The van der Waals surface area contributed by atoms with Gasteiger partial charge in [0, 0.05) is 11.3 Å². The molecule has 2 fully saturated rings. The van der Waals surface area contributed by atoms with Crippen LogP contribution >= 0.6 is 0 Å². The van der Waals surface area contributed by atoms with Gasteiger partial charge in [-0.15, -0.1) is 0 Å². The topological polar surface area (TPSA) is 54.0 Å². The molecule has 1 saturated heterocycles. The Balaban J connectivity index is 1.99. The lowest BCUT2D eigenvalue weighted by Gasteiger charge is -2.50. The predicted octanol–water partition coefficient (Wildman–Crippen LogP) is 4.82. The largest absolute Gasteiger partial charge is 0.466 e. The molecule has 6 heteroatoms. The number of hydrogen-bond donors (Lipinski definition) is 0. The average molecular weight is 411 g/mol. The molecule has 1 heterocycles. The van der Waals surface area contributed by atoms with Crippen molar-refractivity contribution >= 4 is 14.3 Å². The average Bonchev–Trinajstić information content (AvgIpc) is 3.04. The maximum atomic E-state index is 12.6. The number of rotatable bonds is 3. The standard InChI is InChI=1S/C22H38O5Si/c1-19(2,3)28(8,9)26-17-11-10-16-21(17,6)13-12-15(18(23)24-7)22(16)14-25-20(4,5)27-22/h12,16-17H,10-11,13-14H2,1-9H3/t16-,17+,21+,22-/m1/s1. The second kappa shape index (κ2) is 6.66. The molecule has 0 aromatic heterocycles. The predicted molar refractivity (Wildman–Crippen MR) is 111 cm³/mol. The molecule has 4 atom stereocenters. The molecular weight excluding hydrogens is 372 g/mol. The van der Waals surface area contributed by atoms with E-state index in [-0.39, 0.29) is 28.4 Å². The fraction of sp³-hybridized carbons (Fsp3) is 0.864. The van der Waals surface area contributed by atoms with Gasteiger partial charge >= 0.3 is 5.97 Å². The minimum absolute atomic E-state index is 0.0865. The summed E-state index contributed by atoms with van der Waals surface area (Å²) in [6, 6.07) is 0. The van der Waals surface area contributed by atoms with Crippen LogP contribution in [0.1, 0.15) is 60.8 Å². The number of fused-ring (bicyclic) bond motifs is 2. The lowest BCUT2D eigenvalue weighted by molar-refractivity contribution is -0.180. The van der Waals surface area contributed by atoms with E-state index in [0.717, 1.165) is 19.3 Å². The highest BCUT2D eigenvalue weighted by atomic mass is 28.4. The van der Waals surface area contributed by atoms with Gasteiger partial charge in [0.05, 0.1) is 25.4 Å². The van der Waals surface area contributed by atoms with Crippen molar-refractivity contribution in [2.75, 3.05) is 13.7 Å². The number of ether oxygens (including phenoxy) is 3. The van der Waals surface area contributed by atoms with E-state index < -0.39 is 19.7 Å². The molecule has 160 valence electrons. The van der Waals surface area contributed by atoms with Crippen LogP contribution in [0.5, 0.6) is 0 Å². The van der Waals surface area contributed by atoms with Crippen LogP contribution in [0.4, 0.5) is 0 Å². The molecule has 1 spiro atoms. The third-order valence-electron chi connectivity index (χ3n) is 7.72. The maximum absolute atomic E-state index is 12.6. The van der Waals surface area contributed by atoms with Gasteiger partial charge in [0.1, 0.15) is 5.60 Å². The number of carbonyl (C=O) groups is 1. The van der Waals surface area contributed by atoms with Crippen molar-refractivity contribution in [3.05, 3.63) is 11.6 Å². The second-order valence-corrected chi connectivity index (χ2v) is 15.8. The minimum atomic E-state index is -1.90. The Bertz CT molecular complexity index is 677. The first kappa shape index (κ1) is 22.0. The van der Waals surface area contributed by atoms with Crippen LogP contribution in [0.25, 0.3) is 0 Å². The molecule has 0 aromatic carbocycles. The van der Waals surface area contributed by atoms with Crippen molar-refractivity contribution in [3.63, 3.8) is 0 Å². The summed E-state index contributed by atoms with van der Waals surface area (Å²) in [5.41, 5.74) is -0.220. The molecule has 0 N–H and O–H groups in total. The summed E-state index contributed by atoms with van der Waals surface area (Å²) in [4.78, 5) is 12.6. The van der Waals surface area contributed by atoms with Crippen molar-refractivity contribution in [2.45, 2.75) is 96.4 Å². The molecular formula is C22H38O5Si. The molecule has 0 radical (unpaired) electrons. The first-order chi connectivity index (χ1) is 12.7. The Kier molecular flexibility index (Phi) is 5.23. The van der Waals surface area contributed by atoms with E-state index >= 15 is 0 Å². The molecule has 0 bridgehead atoms. The summed E-state index contributed by atoms with van der Waals surface area (Å²) in [6.45, 7) is 18.0. The van der Waals surface area contributed by atoms with Crippen molar-refractivity contribution in [1.29, 1.82) is 0 Å². The van der Waals surface area contributed by atoms with Gasteiger partial charge in [0.2, 0.25) is 0 Å². The lowest BCUT2D eigenvalue weighted by Crippen LogP contribution is -2.56. The zero-order chi connectivity index (χ0) is 21.2. The number of allylic oxidation sites excluding steroid dienone is 1. The fourth-order valence-electron chi connectivity index (χ4n) is 5.10. The molecule has 0 unspecified atom stereocenters. The first-order valence-corrected chi connectivity index (χ1v) is 13.4. The highest BCUT2D eigenvalue weighted by molar-refractivity contribution is 6.74. The van der Waals surface area contributed by atoms with Gasteiger partial charge in [0.15, 0.2) is 14.1 Å². The van der Waals surface area contributed by atoms with E-state index in [1.807, 2.05) is 19.9 Å². The van der Waals surface area contributed by atoms with Gasteiger partial charge in [-0.1, -0.05) is 33.8 Å². The number of carbonyl (C=O) groups excluding carboxylic acids is 1. The zero-order valence-corrected chi connectivity index (χ0v) is 20.1. The third kappa shape index (κ3) is 3.30. The molecule has 0 amide bonds. The van der Waals surface area contributed by atoms with E-state index in [9.17, 15) is 4.79 Å². The summed E-state index contributed by atoms with van der Waals surface area (Å²) < 4.78 is 24.5. The van der Waals surface area contributed by atoms with Crippen LogP contribution in [0.15, 0.2) is 11.6 Å². The summed E-state index contributed by atoms with van der Waals surface area (Å²) >= 11 is 0. The van der Waals surface area contributed by atoms with E-state index in [1.165, 1.54) is 7.11 Å². The lowest BCUT2D eigenvalue weighted by atomic mass is 9.61. The van der Waals surface area contributed by atoms with Crippen LogP contribution in [0.2, 0.25) is 18.1 Å². The Morgan fingerprint density at radius 2 is 1.86 bits per heavy atom. The van der Waals surface area contributed by atoms with Crippen molar-refractivity contribution in [1.82, 2.24) is 0 Å². The van der Waals surface area contributed by atoms with Gasteiger partial charge < -0.3 is 18.6 Å². The SMILES string of the molecule is COC(=O)C1=CC[C@]2(C)[C@@H](O[Si](C)(C)C(C)(C)C)CC[C@H]2[C@@]12COC(C)(C)O2. The van der Waals surface area contributed by atoms with Gasteiger partial charge in [-0.3, -0.25) is 0 Å². The quantitative estimate of drug-likeness (QED) is 0.493. The van der Waals surface area contributed by atoms with E-state index in [4.69, 9.17) is 18.6 Å². The van der Waals surface area contributed by atoms with E-state index in [2.05, 4.69) is 40.8 Å². The normalized spacial score (nSPS) is 37.7. The van der Waals surface area contributed by atoms with Crippen LogP contribution in [-0.4, -0.2) is 45.5 Å². The first-order valence-electron chi connectivity index (χ1n) is 10.5. The molecule has 5 nitrogen and oxygen atoms in total. The van der Waals surface area contributed by atoms with Crippen molar-refractivity contribution in [3.8, 4) is 0 Å². The summed E-state index contributed by atoms with van der Waals surface area (Å²) in [5, 5.41) is 0.162. The van der Waals surface area contributed by atoms with Gasteiger partial charge in [-0.25, -0.2) is 4.79 Å². The Morgan fingerprint density at radius 1 is 1.21 bits per heavy atom. The molecule has 3 aliphatic rings. The second-order valence-electron chi connectivity index (χ2n) is 11.0. The van der Waals surface area contributed by atoms with Gasteiger partial charge in [-0.2, -0.15) is 0 Å². The maximum Gasteiger partial charge on any atom is 0.336 e. The van der Waals surface area contributed by atoms with E-state index in [1.54, 1.807) is 0 Å². The summed E-state index contributed by atoms with van der Waals surface area (Å²) in [5.74, 6) is -0.864. The molecule has 1 saturated carbocycles. The Morgan fingerprint density at radius 3 is 2.36 bits per heavy atom.